The Balaban J connectivity index is -0.000000221. The highest BCUT2D eigenvalue weighted by Crippen LogP contribution is 2.42. The Bertz CT molecular complexity index is 405. The van der Waals surface area contributed by atoms with Crippen molar-refractivity contribution in [3.8, 4) is 6.26 Å². The molecule has 0 aliphatic rings. The van der Waals surface area contributed by atoms with Gasteiger partial charge in [0, 0.05) is 0 Å². The topological polar surface area (TPSA) is 229 Å². The van der Waals surface area contributed by atoms with Crippen LogP contribution in [0.25, 0.3) is 0 Å². The lowest BCUT2D eigenvalue weighted by atomic mass is 10.7. The Morgan fingerprint density at radius 3 is 1.25 bits per heavy atom. The number of rotatable bonds is 2. The first-order valence-electron chi connectivity index (χ1n) is 3.54. The zero-order valence-electron chi connectivity index (χ0n) is 8.87. The number of nitrogens with zero attached hydrogens (tertiary/aromatic N) is 1. The maximum Gasteiger partial charge on any atom is 0.569 e. The van der Waals surface area contributed by atoms with E-state index in [9.17, 15) is 9.09 Å². The molecule has 1 atom stereocenters. The number of hydrogen-bond donors (Lipinski definition) is 5. The molecule has 0 aliphatic carbocycles. The van der Waals surface area contributed by atoms with E-state index in [1.54, 1.807) is 0 Å². The maximum atomic E-state index is 10.7. The Labute approximate surface area is 107 Å². The number of phosphoric ester groups is 1. The molecule has 114 valence electrons. The largest absolute Gasteiger partial charge is 0.569 e. The molecule has 0 heterocycles. The first-order valence-corrected chi connectivity index (χ1v) is 5.04. The molecule has 0 amide bonds. The third kappa shape index (κ3) is 20.6. The summed E-state index contributed by atoms with van der Waals surface area (Å²) in [5, 5.41) is 37.0. The van der Waals surface area contributed by atoms with Gasteiger partial charge in [-0.25, -0.2) is 23.7 Å². The summed E-state index contributed by atoms with van der Waals surface area (Å²) in [6.07, 6.45) is 0.781. The van der Waals surface area contributed by atoms with E-state index in [2.05, 4.69) is 9.25 Å². The summed E-state index contributed by atoms with van der Waals surface area (Å²) >= 11 is 0. The van der Waals surface area contributed by atoms with E-state index in [1.807, 2.05) is 0 Å². The normalized spacial score (nSPS) is 10.8. The van der Waals surface area contributed by atoms with Gasteiger partial charge in [-0.15, -0.1) is 5.26 Å². The van der Waals surface area contributed by atoms with Crippen LogP contribution in [0.2, 0.25) is 0 Å². The van der Waals surface area contributed by atoms with E-state index in [4.69, 9.17) is 49.8 Å². The molecule has 0 aliphatic heterocycles. The molecule has 15 heteroatoms. The van der Waals surface area contributed by atoms with Crippen molar-refractivity contribution in [2.75, 3.05) is 0 Å². The van der Waals surface area contributed by atoms with Crippen LogP contribution in [0.3, 0.4) is 0 Å². The molecule has 0 saturated carbocycles. The summed E-state index contributed by atoms with van der Waals surface area (Å²) in [7, 11) is -4.70. The van der Waals surface area contributed by atoms with Crippen LogP contribution in [0.4, 0.5) is 4.53 Å². The van der Waals surface area contributed by atoms with Gasteiger partial charge in [0.25, 0.3) is 6.26 Å². The smallest absolute Gasteiger partial charge is 0.473 e. The minimum atomic E-state index is -4.70. The average Bonchev–Trinajstić information content (AvgIpc) is 2.30. The molecule has 0 radical (unpaired) electrons. The maximum absolute atomic E-state index is 10.7. The number of halogens is 1. The number of hydrogen-bond acceptors (Lipinski definition) is 8. The highest BCUT2D eigenvalue weighted by atomic mass is 31.2. The number of carboxylic acid groups (broad SMARTS) is 4. The summed E-state index contributed by atoms with van der Waals surface area (Å²) in [5.41, 5.74) is 0. The van der Waals surface area contributed by atoms with Crippen molar-refractivity contribution in [1.29, 1.82) is 5.26 Å². The van der Waals surface area contributed by atoms with Crippen LogP contribution in [0.1, 0.15) is 0 Å². The van der Waals surface area contributed by atoms with Gasteiger partial charge in [-0.1, -0.05) is 4.73 Å². The first-order chi connectivity index (χ1) is 8.91. The van der Waals surface area contributed by atoms with Gasteiger partial charge in [-0.2, -0.15) is 0 Å². The second kappa shape index (κ2) is 11.3. The van der Waals surface area contributed by atoms with Crippen molar-refractivity contribution in [2.24, 2.45) is 0 Å². The summed E-state index contributed by atoms with van der Waals surface area (Å²) in [6, 6.07) is 0. The van der Waals surface area contributed by atoms with Crippen molar-refractivity contribution < 1.29 is 62.8 Å². The van der Waals surface area contributed by atoms with Gasteiger partial charge in [0.15, 0.2) is 0 Å². The number of carboxylic acids is 4. The Hall–Kier alpha value is -2.75. The summed E-state index contributed by atoms with van der Waals surface area (Å²) < 4.78 is 25.9. The molecule has 5 N–H and O–H groups in total. The fraction of sp³-hybridized carbons (Fsp3) is 0. The third-order valence-corrected chi connectivity index (χ3v) is 1.10. The number of carbonyl (C=O) groups is 4. The molecule has 1 unspecified atom stereocenters. The summed E-state index contributed by atoms with van der Waals surface area (Å²) in [4.78, 5) is 44.2. The molecule has 0 spiro atoms. The van der Waals surface area contributed by atoms with Crippen molar-refractivity contribution in [1.82, 2.24) is 0 Å². The molecule has 0 aromatic carbocycles. The van der Waals surface area contributed by atoms with Crippen molar-refractivity contribution in [3.63, 3.8) is 0 Å². The molecule has 13 nitrogen and oxygen atoms in total. The van der Waals surface area contributed by atoms with Crippen LogP contribution >= 0.6 is 7.82 Å². The average molecular weight is 321 g/mol. The van der Waals surface area contributed by atoms with Gasteiger partial charge in [0.05, 0.1) is 0 Å². The van der Waals surface area contributed by atoms with E-state index in [1.165, 1.54) is 0 Å². The minimum Gasteiger partial charge on any atom is -0.473 e. The fourth-order valence-electron chi connectivity index (χ4n) is 0.0657. The van der Waals surface area contributed by atoms with E-state index in [-0.39, 0.29) is 0 Å². The third-order valence-electron chi connectivity index (χ3n) is 0.609. The minimum absolute atomic E-state index is 0.781. The lowest BCUT2D eigenvalue weighted by Gasteiger charge is -1.94. The number of phosphoric acid groups is 1. The molecule has 0 fully saturated rings. The Kier molecular flexibility index (Phi) is 12.7. The van der Waals surface area contributed by atoms with Crippen LogP contribution in [-0.4, -0.2) is 49.2 Å². The van der Waals surface area contributed by atoms with Crippen LogP contribution in [0.5, 0.6) is 0 Å². The van der Waals surface area contributed by atoms with Crippen molar-refractivity contribution >= 4 is 31.7 Å². The second-order valence-electron chi connectivity index (χ2n) is 1.94. The van der Waals surface area contributed by atoms with Crippen molar-refractivity contribution in [3.05, 3.63) is 0 Å². The quantitative estimate of drug-likeness (QED) is 0.229. The lowest BCUT2D eigenvalue weighted by molar-refractivity contribution is -0.159. The van der Waals surface area contributed by atoms with Gasteiger partial charge in [0.2, 0.25) is 0 Å². The Morgan fingerprint density at radius 2 is 1.20 bits per heavy atom. The summed E-state index contributed by atoms with van der Waals surface area (Å²) in [5.74, 6) is -7.30. The predicted octanol–water partition coefficient (Wildman–Crippen LogP) is -1.20. The van der Waals surface area contributed by atoms with E-state index >= 15 is 0 Å². The first kappa shape index (κ1) is 22.4. The van der Waals surface area contributed by atoms with Crippen LogP contribution in [0.15, 0.2) is 0 Å². The molecule has 0 bridgehead atoms. The van der Waals surface area contributed by atoms with Crippen LogP contribution < -0.4 is 0 Å². The number of aliphatic carboxylic acids is 4. The molecular formula is C5H5FNO12P. The monoisotopic (exact) mass is 321 g/mol. The molecule has 0 rings (SSSR count). The van der Waals surface area contributed by atoms with Gasteiger partial charge in [-0.3, -0.25) is 4.89 Å². The Morgan fingerprint density at radius 1 is 0.950 bits per heavy atom. The highest BCUT2D eigenvalue weighted by molar-refractivity contribution is 7.47. The molecule has 20 heavy (non-hydrogen) atoms. The van der Waals surface area contributed by atoms with Crippen LogP contribution in [0, 0.1) is 11.5 Å². The van der Waals surface area contributed by atoms with Crippen molar-refractivity contribution in [2.45, 2.75) is 0 Å². The van der Waals surface area contributed by atoms with Gasteiger partial charge in [-0.05, 0) is 4.53 Å². The molecule has 0 aromatic heterocycles. The predicted molar refractivity (Wildman–Crippen MR) is 49.3 cm³/mol. The van der Waals surface area contributed by atoms with Gasteiger partial charge < -0.3 is 24.9 Å². The fourth-order valence-corrected chi connectivity index (χ4v) is 0.197. The van der Waals surface area contributed by atoms with Gasteiger partial charge in [0.1, 0.15) is 0 Å². The van der Waals surface area contributed by atoms with E-state index in [0.29, 0.717) is 0 Å². The van der Waals surface area contributed by atoms with Crippen LogP contribution in [-0.2, 0) is 33.0 Å². The van der Waals surface area contributed by atoms with Gasteiger partial charge >= 0.3 is 31.7 Å². The molecule has 0 aromatic rings. The second-order valence-corrected chi connectivity index (χ2v) is 3.20. The zero-order chi connectivity index (χ0) is 16.9. The SMILES string of the molecule is N#COP(=O)(O)OF.O=C(O)C(=O)O.O=C(O)C(=O)O. The molecule has 0 saturated heterocycles. The highest BCUT2D eigenvalue weighted by Gasteiger charge is 2.22. The zero-order valence-corrected chi connectivity index (χ0v) is 9.76. The standard InChI is InChI=1S/2C2H2O4.CHFNO4P/c2*3-1(4)2(5)6;2-7-8(4,5)6-1-3/h2*(H,3,4)(H,5,6);(H,4,5). The lowest BCUT2D eigenvalue weighted by Crippen LogP contribution is -2.09. The molecular weight excluding hydrogens is 316 g/mol. The summed E-state index contributed by atoms with van der Waals surface area (Å²) in [6.45, 7) is 0. The van der Waals surface area contributed by atoms with E-state index < -0.39 is 31.7 Å². The van der Waals surface area contributed by atoms with E-state index in [0.717, 1.165) is 6.26 Å². The number of nitriles is 1.